The van der Waals surface area contributed by atoms with E-state index in [-0.39, 0.29) is 72.6 Å². The Bertz CT molecular complexity index is 2910. The summed E-state index contributed by atoms with van der Waals surface area (Å²) < 4.78 is 62.7. The van der Waals surface area contributed by atoms with Crippen LogP contribution in [0.25, 0.3) is 11.2 Å². The molecule has 1 fully saturated rings. The molecular formula is C56H94N7O22P3S. The SMILES string of the molecule is CC/C(=C\[C@@H](C)C/C=C/[C@@H](C)C[C@@H](C)C(C)=O)CC/C=C(\C)CCC(=O)C[C@H](O)[C@@H](C)[C@H](O)[C@@H](C)[C@@H](O)[C@H](C)C(=O)SCCNC(=O)CCNC(=O)[C@H](O)C(C)(C)COP(=O)(O)OP(=O)(O)OC[C@H]1O[C@@H](n2cnc3c(N)ncnc32)[C@H](O)[C@@H]1OP(=O)(O)O. The summed E-state index contributed by atoms with van der Waals surface area (Å²) in [7, 11) is -16.6. The first kappa shape index (κ1) is 79.2. The van der Waals surface area contributed by atoms with Crippen molar-refractivity contribution >= 4 is 80.7 Å². The van der Waals surface area contributed by atoms with E-state index in [2.05, 4.69) is 79.5 Å². The molecule has 2 amide bonds. The molecule has 0 radical (unpaired) electrons. The largest absolute Gasteiger partial charge is 0.481 e. The quantitative estimate of drug-likeness (QED) is 0.0228. The van der Waals surface area contributed by atoms with E-state index in [1.54, 1.807) is 20.8 Å². The molecule has 0 spiro atoms. The Kier molecular flexibility index (Phi) is 32.5. The summed E-state index contributed by atoms with van der Waals surface area (Å²) in [5, 5.41) is 59.3. The number of ketones is 2. The van der Waals surface area contributed by atoms with Gasteiger partial charge in [-0.15, -0.1) is 0 Å². The van der Waals surface area contributed by atoms with Gasteiger partial charge >= 0.3 is 23.5 Å². The number of hydrogen-bond donors (Lipinski definition) is 12. The lowest BCUT2D eigenvalue weighted by atomic mass is 9.81. The number of aromatic nitrogens is 4. The Balaban J connectivity index is 1.35. The van der Waals surface area contributed by atoms with Crippen molar-refractivity contribution in [3.05, 3.63) is 48.1 Å². The first-order valence-corrected chi connectivity index (χ1v) is 34.9. The van der Waals surface area contributed by atoms with E-state index in [9.17, 15) is 82.8 Å². The number of allylic oxidation sites excluding steroid dienone is 6. The Labute approximate surface area is 523 Å². The van der Waals surface area contributed by atoms with Crippen LogP contribution in [0.4, 0.5) is 5.82 Å². The smallest absolute Gasteiger partial charge is 0.392 e. The number of thioether (sulfide) groups is 1. The molecule has 1 aliphatic heterocycles. The predicted molar refractivity (Wildman–Crippen MR) is 329 cm³/mol. The summed E-state index contributed by atoms with van der Waals surface area (Å²) in [5.41, 5.74) is 6.60. The number of rotatable bonds is 41. The average molecular weight is 1340 g/mol. The third-order valence-electron chi connectivity index (χ3n) is 15.4. The van der Waals surface area contributed by atoms with Crippen LogP contribution < -0.4 is 16.4 Å². The first-order valence-electron chi connectivity index (χ1n) is 29.4. The number of phosphoric acid groups is 3. The Morgan fingerprint density at radius 3 is 2.17 bits per heavy atom. The highest BCUT2D eigenvalue weighted by molar-refractivity contribution is 8.13. The number of nitrogens with zero attached hydrogens (tertiary/aromatic N) is 4. The lowest BCUT2D eigenvalue weighted by Crippen LogP contribution is -2.46. The molecule has 0 saturated carbocycles. The van der Waals surface area contributed by atoms with Gasteiger partial charge in [0.05, 0.1) is 43.8 Å². The van der Waals surface area contributed by atoms with Gasteiger partial charge in [-0.2, -0.15) is 4.31 Å². The number of amides is 2. The number of nitrogens with one attached hydrogen (secondary N) is 2. The van der Waals surface area contributed by atoms with E-state index >= 15 is 0 Å². The van der Waals surface area contributed by atoms with Crippen molar-refractivity contribution < 1.29 is 105 Å². The summed E-state index contributed by atoms with van der Waals surface area (Å²) in [6, 6.07) is 0. The Hall–Kier alpha value is -4.00. The van der Waals surface area contributed by atoms with E-state index in [0.717, 1.165) is 66.7 Å². The summed E-state index contributed by atoms with van der Waals surface area (Å²) in [5.74, 6) is -3.40. The maximum Gasteiger partial charge on any atom is 0.481 e. The maximum atomic E-state index is 13.0. The first-order chi connectivity index (χ1) is 41.3. The number of phosphoric ester groups is 3. The van der Waals surface area contributed by atoms with Crippen LogP contribution >= 0.6 is 35.2 Å². The summed E-state index contributed by atoms with van der Waals surface area (Å²) in [4.78, 5) is 114. The number of ether oxygens (including phenoxy) is 1. The van der Waals surface area contributed by atoms with E-state index in [1.807, 2.05) is 13.8 Å². The minimum atomic E-state index is -5.64. The number of hydrogen-bond acceptors (Lipinski definition) is 23. The second-order valence-corrected chi connectivity index (χ2v) is 29.0. The number of carbonyl (C=O) groups excluding carboxylic acids is 5. The van der Waals surface area contributed by atoms with E-state index in [4.69, 9.17) is 19.5 Å². The van der Waals surface area contributed by atoms with Gasteiger partial charge in [-0.05, 0) is 64.2 Å². The molecule has 3 heterocycles. The van der Waals surface area contributed by atoms with Gasteiger partial charge in [0.15, 0.2) is 22.8 Å². The van der Waals surface area contributed by atoms with Crippen LogP contribution in [-0.4, -0.2) is 168 Å². The minimum Gasteiger partial charge on any atom is -0.392 e. The van der Waals surface area contributed by atoms with Crippen molar-refractivity contribution in [2.75, 3.05) is 37.8 Å². The number of aliphatic hydroxyl groups excluding tert-OH is 5. The molecule has 1 aliphatic rings. The van der Waals surface area contributed by atoms with Gasteiger partial charge in [-0.3, -0.25) is 42.1 Å². The highest BCUT2D eigenvalue weighted by Gasteiger charge is 2.50. The highest BCUT2D eigenvalue weighted by atomic mass is 32.2. The molecule has 33 heteroatoms. The van der Waals surface area contributed by atoms with Gasteiger partial charge in [0.1, 0.15) is 47.8 Å². The Morgan fingerprint density at radius 2 is 1.53 bits per heavy atom. The van der Waals surface area contributed by atoms with E-state index in [0.29, 0.717) is 18.3 Å². The zero-order valence-corrected chi connectivity index (χ0v) is 55.9. The van der Waals surface area contributed by atoms with Gasteiger partial charge in [0, 0.05) is 61.3 Å². The fourth-order valence-electron chi connectivity index (χ4n) is 9.56. The lowest BCUT2D eigenvalue weighted by Gasteiger charge is -2.33. The fourth-order valence-corrected chi connectivity index (χ4v) is 13.2. The molecule has 2 unspecified atom stereocenters. The van der Waals surface area contributed by atoms with E-state index in [1.165, 1.54) is 26.3 Å². The minimum absolute atomic E-state index is 0.000957. The summed E-state index contributed by atoms with van der Waals surface area (Å²) >= 11 is 0.828. The molecule has 0 aliphatic carbocycles. The van der Waals surface area contributed by atoms with Gasteiger partial charge in [0.25, 0.3) is 0 Å². The van der Waals surface area contributed by atoms with Crippen LogP contribution in [0.3, 0.4) is 0 Å². The van der Waals surface area contributed by atoms with Crippen LogP contribution in [0.1, 0.15) is 140 Å². The molecule has 1 saturated heterocycles. The predicted octanol–water partition coefficient (Wildman–Crippen LogP) is 5.29. The third-order valence-corrected chi connectivity index (χ3v) is 19.6. The second-order valence-electron chi connectivity index (χ2n) is 23.7. The van der Waals surface area contributed by atoms with Crippen molar-refractivity contribution in [2.45, 2.75) is 183 Å². The van der Waals surface area contributed by atoms with Crippen molar-refractivity contribution in [1.29, 1.82) is 0 Å². The molecular weight excluding hydrogens is 1250 g/mol. The number of aliphatic hydroxyl groups is 5. The number of Topliss-reactive ketones (excluding diaryl/α,β-unsaturated/α-hetero) is 2. The number of anilines is 1. The average Bonchev–Trinajstić information content (AvgIpc) is 1.65. The summed E-state index contributed by atoms with van der Waals surface area (Å²) in [6.07, 6.45) is 2.82. The van der Waals surface area contributed by atoms with E-state index < -0.39 is 126 Å². The van der Waals surface area contributed by atoms with Gasteiger partial charge < -0.3 is 66.2 Å². The molecule has 2 aromatic heterocycles. The van der Waals surface area contributed by atoms with Crippen molar-refractivity contribution in [3.8, 4) is 0 Å². The number of imidazole rings is 1. The number of fused-ring (bicyclic) bond motifs is 1. The number of carbonyl (C=O) groups is 5. The fraction of sp³-hybridized carbons (Fsp3) is 0.714. The zero-order chi connectivity index (χ0) is 67.4. The van der Waals surface area contributed by atoms with Crippen LogP contribution in [0.2, 0.25) is 0 Å². The van der Waals surface area contributed by atoms with Crippen molar-refractivity contribution in [1.82, 2.24) is 30.2 Å². The highest BCUT2D eigenvalue weighted by Crippen LogP contribution is 2.61. The van der Waals surface area contributed by atoms with Crippen LogP contribution in [0, 0.1) is 40.9 Å². The van der Waals surface area contributed by atoms with Crippen LogP contribution in [0.5, 0.6) is 0 Å². The van der Waals surface area contributed by atoms with Gasteiger partial charge in [-0.1, -0.05) is 110 Å². The molecule has 16 atom stereocenters. The molecule has 13 N–H and O–H groups in total. The summed E-state index contributed by atoms with van der Waals surface area (Å²) in [6.45, 7) is 16.7. The topological polar surface area (TPSA) is 458 Å². The zero-order valence-electron chi connectivity index (χ0n) is 52.4. The van der Waals surface area contributed by atoms with Crippen LogP contribution in [0.15, 0.2) is 48.1 Å². The normalized spacial score (nSPS) is 21.8. The molecule has 3 rings (SSSR count). The molecule has 506 valence electrons. The molecule has 0 aromatic carbocycles. The van der Waals surface area contributed by atoms with Gasteiger partial charge in [0.2, 0.25) is 11.8 Å². The molecule has 2 aromatic rings. The van der Waals surface area contributed by atoms with Gasteiger partial charge in [-0.25, -0.2) is 28.6 Å². The molecule has 0 bridgehead atoms. The third kappa shape index (κ3) is 26.9. The van der Waals surface area contributed by atoms with Crippen molar-refractivity contribution in [3.63, 3.8) is 0 Å². The van der Waals surface area contributed by atoms with Crippen LogP contribution in [-0.2, 0) is 60.3 Å². The Morgan fingerprint density at radius 1 is 0.865 bits per heavy atom. The number of nitrogen functional groups attached to an aromatic ring is 1. The maximum absolute atomic E-state index is 13.0. The number of nitrogens with two attached hydrogens (primary N) is 1. The standard InChI is InChI=1S/C56H94N7O22P3S/c1-12-40(26-34(4)17-13-16-33(3)25-35(5)39(9)64)18-14-15-32(2)19-20-41(65)27-42(66)36(6)46(68)37(7)47(69)38(8)55(73)89-24-23-58-44(67)21-22-59-53(72)50(71)56(10,11)29-82-88(79,80)85-87(77,78)81-28-43-49(84-86(74,75)76)48(70)54(83-43)63-31-62-45-51(57)60-30-61-52(45)63/h13,15-16,26,30-31,33-38,42-43,46-50,54,66,68-71H,12,14,17-25,27-29H2,1-11H3,(H,58,67)(H,59,72)(H,77,78)(H,79,80)(H2,57,60,61)(H2,74,75,76)/b16-13+,32-15+,40-26+/t33-,34+,35-,36-,37-,38+,42+,43-,46+,47-,48-,49-,50+,54-/m1/s1. The monoisotopic (exact) mass is 1340 g/mol. The lowest BCUT2D eigenvalue weighted by molar-refractivity contribution is -0.137. The van der Waals surface area contributed by atoms with Crippen molar-refractivity contribution in [2.24, 2.45) is 40.9 Å². The second kappa shape index (κ2) is 36.4. The molecule has 29 nitrogen and oxygen atoms in total. The molecule has 89 heavy (non-hydrogen) atoms.